The molecule has 7 heteroatoms. The fourth-order valence-electron chi connectivity index (χ4n) is 1.09. The number of amides is 1. The minimum atomic E-state index is -0.446. The SMILES string of the molecule is CSc1ncc(Cl)c(C(=O)NCCC(C)O)n1. The largest absolute Gasteiger partial charge is 0.393 e. The van der Waals surface area contributed by atoms with E-state index in [2.05, 4.69) is 15.3 Å². The van der Waals surface area contributed by atoms with Crippen molar-refractivity contribution < 1.29 is 9.90 Å². The van der Waals surface area contributed by atoms with Gasteiger partial charge >= 0.3 is 0 Å². The van der Waals surface area contributed by atoms with Crippen LogP contribution in [0.1, 0.15) is 23.8 Å². The number of carbonyl (C=O) groups excluding carboxylic acids is 1. The molecule has 0 bridgehead atoms. The first-order chi connectivity index (χ1) is 8.04. The quantitative estimate of drug-likeness (QED) is 0.627. The number of carbonyl (C=O) groups is 1. The third kappa shape index (κ3) is 4.49. The third-order valence-corrected chi connectivity index (χ3v) is 2.81. The van der Waals surface area contributed by atoms with Crippen LogP contribution in [0.15, 0.2) is 11.4 Å². The van der Waals surface area contributed by atoms with Gasteiger partial charge in [-0.25, -0.2) is 9.97 Å². The average Bonchev–Trinajstić information content (AvgIpc) is 2.29. The Morgan fingerprint density at radius 3 is 3.00 bits per heavy atom. The highest BCUT2D eigenvalue weighted by Crippen LogP contribution is 2.16. The molecule has 0 saturated carbocycles. The number of aromatic nitrogens is 2. The highest BCUT2D eigenvalue weighted by molar-refractivity contribution is 7.98. The molecule has 1 rings (SSSR count). The molecule has 1 unspecified atom stereocenters. The lowest BCUT2D eigenvalue weighted by Gasteiger charge is -2.07. The van der Waals surface area contributed by atoms with Gasteiger partial charge in [-0.3, -0.25) is 4.79 Å². The highest BCUT2D eigenvalue weighted by Gasteiger charge is 2.13. The van der Waals surface area contributed by atoms with Gasteiger partial charge in [0.15, 0.2) is 10.9 Å². The molecule has 0 fully saturated rings. The van der Waals surface area contributed by atoms with Crippen molar-refractivity contribution in [1.82, 2.24) is 15.3 Å². The molecule has 1 aromatic heterocycles. The summed E-state index contributed by atoms with van der Waals surface area (Å²) in [6, 6.07) is 0. The van der Waals surface area contributed by atoms with E-state index in [1.165, 1.54) is 18.0 Å². The summed E-state index contributed by atoms with van der Waals surface area (Å²) in [5.41, 5.74) is 0.164. The number of hydrogen-bond donors (Lipinski definition) is 2. The molecule has 1 amide bonds. The maximum Gasteiger partial charge on any atom is 0.271 e. The van der Waals surface area contributed by atoms with Gasteiger partial charge in [0.25, 0.3) is 5.91 Å². The number of halogens is 1. The predicted molar refractivity (Wildman–Crippen MR) is 67.5 cm³/mol. The van der Waals surface area contributed by atoms with E-state index in [9.17, 15) is 4.79 Å². The van der Waals surface area contributed by atoms with Gasteiger partial charge in [-0.1, -0.05) is 23.4 Å². The minimum Gasteiger partial charge on any atom is -0.393 e. The zero-order chi connectivity index (χ0) is 12.8. The van der Waals surface area contributed by atoms with Crippen LogP contribution in [0.3, 0.4) is 0 Å². The van der Waals surface area contributed by atoms with Crippen LogP contribution < -0.4 is 5.32 Å². The number of rotatable bonds is 5. The lowest BCUT2D eigenvalue weighted by molar-refractivity contribution is 0.0940. The van der Waals surface area contributed by atoms with E-state index < -0.39 is 6.10 Å². The number of hydrogen-bond acceptors (Lipinski definition) is 5. The summed E-state index contributed by atoms with van der Waals surface area (Å²) in [7, 11) is 0. The number of thioether (sulfide) groups is 1. The number of nitrogens with zero attached hydrogens (tertiary/aromatic N) is 2. The van der Waals surface area contributed by atoms with Crippen molar-refractivity contribution in [1.29, 1.82) is 0 Å². The maximum absolute atomic E-state index is 11.7. The van der Waals surface area contributed by atoms with Crippen molar-refractivity contribution >= 4 is 29.3 Å². The lowest BCUT2D eigenvalue weighted by atomic mass is 10.3. The summed E-state index contributed by atoms with van der Waals surface area (Å²) in [5, 5.41) is 12.4. The number of nitrogens with one attached hydrogen (secondary N) is 1. The fraction of sp³-hybridized carbons (Fsp3) is 0.500. The Morgan fingerprint density at radius 1 is 1.71 bits per heavy atom. The molecule has 2 N–H and O–H groups in total. The Hall–Kier alpha value is -0.850. The standard InChI is InChI=1S/C10H14ClN3O2S/c1-6(15)3-4-12-9(16)8-7(11)5-13-10(14-8)17-2/h5-6,15H,3-4H2,1-2H3,(H,12,16). The molecular weight excluding hydrogens is 262 g/mol. The van der Waals surface area contributed by atoms with E-state index in [1.54, 1.807) is 6.92 Å². The number of aliphatic hydroxyl groups excluding tert-OH is 1. The second-order valence-corrected chi connectivity index (χ2v) is 4.63. The highest BCUT2D eigenvalue weighted by atomic mass is 35.5. The van der Waals surface area contributed by atoms with E-state index in [1.807, 2.05) is 6.26 Å². The van der Waals surface area contributed by atoms with Crippen LogP contribution in [0.2, 0.25) is 5.02 Å². The molecule has 0 aliphatic rings. The summed E-state index contributed by atoms with van der Waals surface area (Å²) in [6.45, 7) is 2.04. The first-order valence-corrected chi connectivity index (χ1v) is 6.67. The smallest absolute Gasteiger partial charge is 0.271 e. The van der Waals surface area contributed by atoms with Gasteiger partial charge in [0.05, 0.1) is 17.3 Å². The molecule has 0 aromatic carbocycles. The minimum absolute atomic E-state index is 0.164. The van der Waals surface area contributed by atoms with Crippen LogP contribution in [-0.2, 0) is 0 Å². The second kappa shape index (κ2) is 6.78. The topological polar surface area (TPSA) is 75.1 Å². The Balaban J connectivity index is 2.67. The van der Waals surface area contributed by atoms with Crippen LogP contribution in [0.5, 0.6) is 0 Å². The van der Waals surface area contributed by atoms with Crippen molar-refractivity contribution in [3.05, 3.63) is 16.9 Å². The van der Waals surface area contributed by atoms with Crippen molar-refractivity contribution in [2.75, 3.05) is 12.8 Å². The Bertz CT molecular complexity index is 401. The van der Waals surface area contributed by atoms with Crippen LogP contribution in [-0.4, -0.2) is 39.9 Å². The van der Waals surface area contributed by atoms with Crippen molar-refractivity contribution in [2.24, 2.45) is 0 Å². The Morgan fingerprint density at radius 2 is 2.41 bits per heavy atom. The van der Waals surface area contributed by atoms with Crippen molar-refractivity contribution in [3.63, 3.8) is 0 Å². The third-order valence-electron chi connectivity index (χ3n) is 1.97. The summed E-state index contributed by atoms with van der Waals surface area (Å²) < 4.78 is 0. The van der Waals surface area contributed by atoms with E-state index in [-0.39, 0.29) is 16.6 Å². The van der Waals surface area contributed by atoms with E-state index in [4.69, 9.17) is 16.7 Å². The van der Waals surface area contributed by atoms with Gasteiger partial charge in [-0.2, -0.15) is 0 Å². The lowest BCUT2D eigenvalue weighted by Crippen LogP contribution is -2.27. The zero-order valence-corrected chi connectivity index (χ0v) is 11.2. The molecule has 0 aliphatic carbocycles. The first-order valence-electron chi connectivity index (χ1n) is 5.07. The molecule has 1 heterocycles. The molecule has 17 heavy (non-hydrogen) atoms. The van der Waals surface area contributed by atoms with Gasteiger partial charge in [0, 0.05) is 6.54 Å². The van der Waals surface area contributed by atoms with Crippen LogP contribution >= 0.6 is 23.4 Å². The van der Waals surface area contributed by atoms with Gasteiger partial charge in [-0.05, 0) is 19.6 Å². The maximum atomic E-state index is 11.7. The fourth-order valence-corrected chi connectivity index (χ4v) is 1.60. The molecule has 5 nitrogen and oxygen atoms in total. The van der Waals surface area contributed by atoms with Gasteiger partial charge < -0.3 is 10.4 Å². The molecule has 0 saturated heterocycles. The summed E-state index contributed by atoms with van der Waals surface area (Å²) in [6.07, 6.45) is 3.27. The van der Waals surface area contributed by atoms with Gasteiger partial charge in [0.1, 0.15) is 0 Å². The molecule has 1 atom stereocenters. The average molecular weight is 276 g/mol. The second-order valence-electron chi connectivity index (χ2n) is 3.45. The summed E-state index contributed by atoms with van der Waals surface area (Å²) in [4.78, 5) is 19.7. The molecule has 0 radical (unpaired) electrons. The van der Waals surface area contributed by atoms with E-state index in [0.717, 1.165) is 0 Å². The van der Waals surface area contributed by atoms with Crippen LogP contribution in [0.25, 0.3) is 0 Å². The predicted octanol–water partition coefficient (Wildman–Crippen LogP) is 1.35. The van der Waals surface area contributed by atoms with E-state index in [0.29, 0.717) is 18.1 Å². The number of aliphatic hydroxyl groups is 1. The normalized spacial score (nSPS) is 12.2. The van der Waals surface area contributed by atoms with Gasteiger partial charge in [-0.15, -0.1) is 0 Å². The Kier molecular flexibility index (Phi) is 5.67. The molecular formula is C10H14ClN3O2S. The molecule has 0 aliphatic heterocycles. The summed E-state index contributed by atoms with van der Waals surface area (Å²) >= 11 is 7.18. The van der Waals surface area contributed by atoms with Crippen molar-refractivity contribution in [2.45, 2.75) is 24.6 Å². The molecule has 0 spiro atoms. The zero-order valence-electron chi connectivity index (χ0n) is 9.61. The molecule has 94 valence electrons. The monoisotopic (exact) mass is 275 g/mol. The van der Waals surface area contributed by atoms with Crippen LogP contribution in [0, 0.1) is 0 Å². The van der Waals surface area contributed by atoms with Crippen LogP contribution in [0.4, 0.5) is 0 Å². The van der Waals surface area contributed by atoms with Gasteiger partial charge in [0.2, 0.25) is 0 Å². The Labute approximate surface area is 109 Å². The molecule has 1 aromatic rings. The van der Waals surface area contributed by atoms with E-state index >= 15 is 0 Å². The summed E-state index contributed by atoms with van der Waals surface area (Å²) in [5.74, 6) is -0.353. The van der Waals surface area contributed by atoms with Crippen molar-refractivity contribution in [3.8, 4) is 0 Å². The first kappa shape index (κ1) is 14.2.